The lowest BCUT2D eigenvalue weighted by Crippen LogP contribution is -2.52. The van der Waals surface area contributed by atoms with E-state index in [1.807, 2.05) is 18.2 Å². The largest absolute Gasteiger partial charge is 0.318 e. The number of para-hydroxylation sites is 1. The number of carbonyl (C=O) groups excluding carboxylic acids is 1. The third-order valence-electron chi connectivity index (χ3n) is 7.37. The fourth-order valence-corrected chi connectivity index (χ4v) is 6.56. The van der Waals surface area contributed by atoms with Crippen LogP contribution >= 0.6 is 0 Å². The van der Waals surface area contributed by atoms with E-state index in [9.17, 15) is 4.79 Å². The molecule has 2 aromatic rings. The molecule has 0 spiro atoms. The van der Waals surface area contributed by atoms with Crippen LogP contribution < -0.4 is 5.43 Å². The molecule has 1 amide bonds. The quantitative estimate of drug-likeness (QED) is 0.608. The summed E-state index contributed by atoms with van der Waals surface area (Å²) in [6, 6.07) is 12.5. The lowest BCUT2D eigenvalue weighted by Gasteiger charge is -2.55. The SMILES string of the molecule is Cc1cc(C=NNC(=O)C23CC4CC(CC(C4)C2)C3)c(C)n1-c1ccccc1. The zero-order valence-electron chi connectivity index (χ0n) is 16.8. The highest BCUT2D eigenvalue weighted by atomic mass is 16.2. The zero-order valence-corrected chi connectivity index (χ0v) is 16.8. The van der Waals surface area contributed by atoms with Crippen LogP contribution in [0.4, 0.5) is 0 Å². The molecule has 0 atom stereocenters. The highest BCUT2D eigenvalue weighted by Gasteiger charge is 2.54. The van der Waals surface area contributed by atoms with Gasteiger partial charge in [0.05, 0.1) is 11.6 Å². The first kappa shape index (κ1) is 17.7. The average molecular weight is 376 g/mol. The fourth-order valence-electron chi connectivity index (χ4n) is 6.56. The molecule has 4 nitrogen and oxygen atoms in total. The highest BCUT2D eigenvalue weighted by molar-refractivity contribution is 5.86. The van der Waals surface area contributed by atoms with Crippen LogP contribution in [-0.4, -0.2) is 16.7 Å². The summed E-state index contributed by atoms with van der Waals surface area (Å²) in [6.45, 7) is 4.20. The molecule has 0 aliphatic heterocycles. The zero-order chi connectivity index (χ0) is 19.3. The summed E-state index contributed by atoms with van der Waals surface area (Å²) in [5, 5.41) is 4.37. The van der Waals surface area contributed by atoms with Crippen molar-refractivity contribution in [2.75, 3.05) is 0 Å². The Kier molecular flexibility index (Phi) is 4.18. The van der Waals surface area contributed by atoms with E-state index in [-0.39, 0.29) is 11.3 Å². The summed E-state index contributed by atoms with van der Waals surface area (Å²) in [6.07, 6.45) is 9.07. The van der Waals surface area contributed by atoms with Crippen molar-refractivity contribution in [3.8, 4) is 5.69 Å². The Morgan fingerprint density at radius 3 is 2.29 bits per heavy atom. The smallest absolute Gasteiger partial charge is 0.246 e. The van der Waals surface area contributed by atoms with Gasteiger partial charge in [-0.3, -0.25) is 4.79 Å². The molecule has 4 heteroatoms. The molecule has 6 rings (SSSR count). The number of aryl methyl sites for hydroxylation is 1. The first-order valence-corrected chi connectivity index (χ1v) is 10.6. The minimum absolute atomic E-state index is 0.146. The van der Waals surface area contributed by atoms with E-state index < -0.39 is 0 Å². The third-order valence-corrected chi connectivity index (χ3v) is 7.37. The van der Waals surface area contributed by atoms with Crippen molar-refractivity contribution in [1.29, 1.82) is 0 Å². The first-order chi connectivity index (χ1) is 13.5. The van der Waals surface area contributed by atoms with Gasteiger partial charge in [-0.1, -0.05) is 18.2 Å². The van der Waals surface area contributed by atoms with Crippen LogP contribution in [0, 0.1) is 37.0 Å². The van der Waals surface area contributed by atoms with Crippen molar-refractivity contribution in [3.05, 3.63) is 53.3 Å². The number of nitrogens with one attached hydrogen (secondary N) is 1. The number of hydrogen-bond donors (Lipinski definition) is 1. The average Bonchev–Trinajstić information content (AvgIpc) is 2.95. The van der Waals surface area contributed by atoms with Gasteiger partial charge in [-0.2, -0.15) is 5.10 Å². The van der Waals surface area contributed by atoms with Crippen molar-refractivity contribution in [2.45, 2.75) is 52.4 Å². The molecule has 1 heterocycles. The van der Waals surface area contributed by atoms with Crippen LogP contribution in [0.3, 0.4) is 0 Å². The van der Waals surface area contributed by atoms with E-state index in [4.69, 9.17) is 0 Å². The summed E-state index contributed by atoms with van der Waals surface area (Å²) in [5.41, 5.74) is 7.26. The Balaban J connectivity index is 1.32. The molecule has 4 aliphatic carbocycles. The molecular weight excluding hydrogens is 346 g/mol. The molecule has 4 aliphatic rings. The number of carbonyl (C=O) groups is 1. The molecule has 0 unspecified atom stereocenters. The maximum atomic E-state index is 13.0. The highest BCUT2D eigenvalue weighted by Crippen LogP contribution is 2.60. The Morgan fingerprint density at radius 1 is 1.07 bits per heavy atom. The van der Waals surface area contributed by atoms with Gasteiger partial charge in [0.1, 0.15) is 0 Å². The predicted molar refractivity (Wildman–Crippen MR) is 112 cm³/mol. The summed E-state index contributed by atoms with van der Waals surface area (Å²) in [7, 11) is 0. The Morgan fingerprint density at radius 2 is 1.68 bits per heavy atom. The van der Waals surface area contributed by atoms with E-state index in [1.54, 1.807) is 6.21 Å². The number of rotatable bonds is 4. The van der Waals surface area contributed by atoms with E-state index in [0.717, 1.165) is 59.7 Å². The third kappa shape index (κ3) is 2.90. The Labute approximate surface area is 167 Å². The normalized spacial score (nSPS) is 30.9. The summed E-state index contributed by atoms with van der Waals surface area (Å²) < 4.78 is 2.22. The number of amides is 1. The monoisotopic (exact) mass is 375 g/mol. The second-order valence-electron chi connectivity index (χ2n) is 9.39. The Hall–Kier alpha value is -2.36. The van der Waals surface area contributed by atoms with E-state index in [1.165, 1.54) is 19.3 Å². The lowest BCUT2D eigenvalue weighted by molar-refractivity contribution is -0.146. The molecule has 4 bridgehead atoms. The van der Waals surface area contributed by atoms with Gasteiger partial charge in [0.15, 0.2) is 0 Å². The number of benzene rings is 1. The van der Waals surface area contributed by atoms with Crippen molar-refractivity contribution in [1.82, 2.24) is 9.99 Å². The first-order valence-electron chi connectivity index (χ1n) is 10.6. The molecule has 4 fully saturated rings. The molecular formula is C24H29N3O. The van der Waals surface area contributed by atoms with Crippen molar-refractivity contribution in [3.63, 3.8) is 0 Å². The summed E-state index contributed by atoms with van der Waals surface area (Å²) in [4.78, 5) is 13.0. The lowest BCUT2D eigenvalue weighted by atomic mass is 9.49. The second-order valence-corrected chi connectivity index (χ2v) is 9.39. The van der Waals surface area contributed by atoms with Crippen LogP contribution in [0.5, 0.6) is 0 Å². The summed E-state index contributed by atoms with van der Waals surface area (Å²) >= 11 is 0. The number of aromatic nitrogens is 1. The molecule has 1 aromatic carbocycles. The predicted octanol–water partition coefficient (Wildman–Crippen LogP) is 4.76. The topological polar surface area (TPSA) is 46.4 Å². The van der Waals surface area contributed by atoms with E-state index in [2.05, 4.69) is 47.1 Å². The van der Waals surface area contributed by atoms with Crippen LogP contribution in [0.2, 0.25) is 0 Å². The van der Waals surface area contributed by atoms with E-state index in [0.29, 0.717) is 0 Å². The fraction of sp³-hybridized carbons (Fsp3) is 0.500. The maximum absolute atomic E-state index is 13.0. The van der Waals surface area contributed by atoms with Gasteiger partial charge in [-0.05, 0) is 88.3 Å². The van der Waals surface area contributed by atoms with Gasteiger partial charge >= 0.3 is 0 Å². The molecule has 0 saturated heterocycles. The molecule has 28 heavy (non-hydrogen) atoms. The molecule has 1 aromatic heterocycles. The van der Waals surface area contributed by atoms with Crippen LogP contribution in [-0.2, 0) is 4.79 Å². The van der Waals surface area contributed by atoms with Crippen LogP contribution in [0.25, 0.3) is 5.69 Å². The van der Waals surface area contributed by atoms with Gasteiger partial charge < -0.3 is 4.57 Å². The number of hydrogen-bond acceptors (Lipinski definition) is 2. The number of hydrazone groups is 1. The van der Waals surface area contributed by atoms with Crippen molar-refractivity contribution < 1.29 is 4.79 Å². The molecule has 0 radical (unpaired) electrons. The van der Waals surface area contributed by atoms with E-state index >= 15 is 0 Å². The van der Waals surface area contributed by atoms with Gasteiger partial charge in [0.25, 0.3) is 0 Å². The van der Waals surface area contributed by atoms with Gasteiger partial charge in [-0.25, -0.2) is 5.43 Å². The molecule has 1 N–H and O–H groups in total. The standard InChI is InChI=1S/C24H29N3O/c1-16-8-21(17(2)27(16)22-6-4-3-5-7-22)15-25-26-23(28)24-12-18-9-19(13-24)11-20(10-18)14-24/h3-8,15,18-20H,9-14H2,1-2H3,(H,26,28). The Bertz CT molecular complexity index is 890. The minimum atomic E-state index is -0.146. The van der Waals surface area contributed by atoms with Gasteiger partial charge in [0.2, 0.25) is 5.91 Å². The number of nitrogens with zero attached hydrogens (tertiary/aromatic N) is 2. The van der Waals surface area contributed by atoms with Crippen LogP contribution in [0.15, 0.2) is 41.5 Å². The van der Waals surface area contributed by atoms with Crippen molar-refractivity contribution in [2.24, 2.45) is 28.3 Å². The van der Waals surface area contributed by atoms with Crippen LogP contribution in [0.1, 0.15) is 55.5 Å². The minimum Gasteiger partial charge on any atom is -0.318 e. The summed E-state index contributed by atoms with van der Waals surface area (Å²) in [5.74, 6) is 2.46. The maximum Gasteiger partial charge on any atom is 0.246 e. The van der Waals surface area contributed by atoms with Gasteiger partial charge in [0, 0.05) is 22.6 Å². The molecule has 4 saturated carbocycles. The van der Waals surface area contributed by atoms with Crippen molar-refractivity contribution >= 4 is 12.1 Å². The van der Waals surface area contributed by atoms with Gasteiger partial charge in [-0.15, -0.1) is 0 Å². The second kappa shape index (κ2) is 6.61. The molecule has 146 valence electrons.